The Morgan fingerprint density at radius 3 is 2.69 bits per heavy atom. The van der Waals surface area contributed by atoms with Gasteiger partial charge in [-0.15, -0.1) is 23.1 Å². The van der Waals surface area contributed by atoms with Crippen LogP contribution in [0.5, 0.6) is 0 Å². The molecule has 1 rings (SSSR count). The predicted molar refractivity (Wildman–Crippen MR) is 63.0 cm³/mol. The molecule has 1 aromatic rings. The minimum Gasteiger partial charge on any atom is -0.309 e. The molecule has 0 spiro atoms. The number of nitrogens with zero attached hydrogens (tertiary/aromatic N) is 1. The molecule has 0 bridgehead atoms. The van der Waals surface area contributed by atoms with Crippen LogP contribution in [0, 0.1) is 0 Å². The summed E-state index contributed by atoms with van der Waals surface area (Å²) in [6.45, 7) is 1.19. The average Bonchev–Trinajstić information content (AvgIpc) is 2.52. The van der Waals surface area contributed by atoms with Gasteiger partial charge in [0.2, 0.25) is 0 Å². The Morgan fingerprint density at radius 2 is 2.15 bits per heavy atom. The van der Waals surface area contributed by atoms with Gasteiger partial charge in [0.1, 0.15) is 0 Å². The second kappa shape index (κ2) is 5.68. The second-order valence-electron chi connectivity index (χ2n) is 3.33. The van der Waals surface area contributed by atoms with Gasteiger partial charge >= 0.3 is 0 Å². The Kier molecular flexibility index (Phi) is 4.84. The normalized spacial score (nSPS) is 11.1. The van der Waals surface area contributed by atoms with Crippen molar-refractivity contribution in [2.24, 2.45) is 0 Å². The highest BCUT2D eigenvalue weighted by molar-refractivity contribution is 8.00. The van der Waals surface area contributed by atoms with Gasteiger partial charge in [0.25, 0.3) is 0 Å². The maximum absolute atomic E-state index is 2.26. The van der Waals surface area contributed by atoms with Crippen molar-refractivity contribution < 1.29 is 0 Å². The molecule has 0 unspecified atom stereocenters. The van der Waals surface area contributed by atoms with Crippen LogP contribution >= 0.6 is 23.1 Å². The quantitative estimate of drug-likeness (QED) is 0.695. The van der Waals surface area contributed by atoms with Crippen LogP contribution < -0.4 is 0 Å². The molecule has 1 nitrogen and oxygen atoms in total. The SMILES string of the molecule is CSc1ccc(CCCN(C)C)s1. The molecule has 0 N–H and O–H groups in total. The van der Waals surface area contributed by atoms with Gasteiger partial charge in [0, 0.05) is 4.88 Å². The zero-order valence-corrected chi connectivity index (χ0v) is 10.2. The first-order valence-electron chi connectivity index (χ1n) is 4.50. The lowest BCUT2D eigenvalue weighted by atomic mass is 10.2. The summed E-state index contributed by atoms with van der Waals surface area (Å²) in [6, 6.07) is 4.48. The molecule has 0 aliphatic heterocycles. The molecule has 0 aliphatic carbocycles. The van der Waals surface area contributed by atoms with E-state index in [-0.39, 0.29) is 0 Å². The van der Waals surface area contributed by atoms with Crippen LogP contribution in [0.25, 0.3) is 0 Å². The van der Waals surface area contributed by atoms with E-state index >= 15 is 0 Å². The molecule has 13 heavy (non-hydrogen) atoms. The van der Waals surface area contributed by atoms with Crippen molar-refractivity contribution in [1.29, 1.82) is 0 Å². The first-order valence-corrected chi connectivity index (χ1v) is 6.54. The van der Waals surface area contributed by atoms with Crippen molar-refractivity contribution in [3.05, 3.63) is 17.0 Å². The number of aryl methyl sites for hydroxylation is 1. The molecular formula is C10H17NS2. The van der Waals surface area contributed by atoms with Crippen molar-refractivity contribution in [3.8, 4) is 0 Å². The lowest BCUT2D eigenvalue weighted by Crippen LogP contribution is -2.13. The molecule has 0 saturated carbocycles. The zero-order chi connectivity index (χ0) is 9.68. The van der Waals surface area contributed by atoms with E-state index in [1.54, 1.807) is 0 Å². The summed E-state index contributed by atoms with van der Waals surface area (Å²) in [4.78, 5) is 3.76. The van der Waals surface area contributed by atoms with Gasteiger partial charge in [-0.25, -0.2) is 0 Å². The van der Waals surface area contributed by atoms with Gasteiger partial charge in [-0.3, -0.25) is 0 Å². The molecular weight excluding hydrogens is 198 g/mol. The highest BCUT2D eigenvalue weighted by atomic mass is 32.2. The van der Waals surface area contributed by atoms with Crippen LogP contribution in [-0.4, -0.2) is 31.8 Å². The Bertz CT molecular complexity index is 243. The van der Waals surface area contributed by atoms with Gasteiger partial charge in [0.05, 0.1) is 4.21 Å². The van der Waals surface area contributed by atoms with Crippen molar-refractivity contribution in [1.82, 2.24) is 4.90 Å². The number of hydrogen-bond donors (Lipinski definition) is 0. The van der Waals surface area contributed by atoms with Gasteiger partial charge in [-0.1, -0.05) is 0 Å². The standard InChI is InChI=1S/C10H17NS2/c1-11(2)8-4-5-9-6-7-10(12-3)13-9/h6-7H,4-5,8H2,1-3H3. The minimum atomic E-state index is 1.19. The van der Waals surface area contributed by atoms with Crippen LogP contribution in [-0.2, 0) is 6.42 Å². The number of hydrogen-bond acceptors (Lipinski definition) is 3. The Morgan fingerprint density at radius 1 is 1.38 bits per heavy atom. The largest absolute Gasteiger partial charge is 0.309 e. The number of rotatable bonds is 5. The molecule has 0 amide bonds. The highest BCUT2D eigenvalue weighted by Crippen LogP contribution is 2.25. The fraction of sp³-hybridized carbons (Fsp3) is 0.600. The highest BCUT2D eigenvalue weighted by Gasteiger charge is 1.99. The molecule has 0 aromatic carbocycles. The molecule has 0 aliphatic rings. The maximum Gasteiger partial charge on any atom is 0.0598 e. The summed E-state index contributed by atoms with van der Waals surface area (Å²) in [7, 11) is 4.25. The average molecular weight is 215 g/mol. The monoisotopic (exact) mass is 215 g/mol. The van der Waals surface area contributed by atoms with Crippen LogP contribution in [0.1, 0.15) is 11.3 Å². The van der Waals surface area contributed by atoms with E-state index in [0.717, 1.165) is 0 Å². The van der Waals surface area contributed by atoms with Crippen LogP contribution in [0.15, 0.2) is 16.3 Å². The molecule has 1 aromatic heterocycles. The molecule has 3 heteroatoms. The van der Waals surface area contributed by atoms with E-state index in [0.29, 0.717) is 0 Å². The van der Waals surface area contributed by atoms with Crippen molar-refractivity contribution >= 4 is 23.1 Å². The van der Waals surface area contributed by atoms with Crippen LogP contribution in [0.3, 0.4) is 0 Å². The molecule has 0 fully saturated rings. The second-order valence-corrected chi connectivity index (χ2v) is 5.61. The van der Waals surface area contributed by atoms with Crippen LogP contribution in [0.2, 0.25) is 0 Å². The third-order valence-electron chi connectivity index (χ3n) is 1.87. The van der Waals surface area contributed by atoms with E-state index in [4.69, 9.17) is 0 Å². The summed E-state index contributed by atoms with van der Waals surface area (Å²) in [5.41, 5.74) is 0. The van der Waals surface area contributed by atoms with Crippen LogP contribution in [0.4, 0.5) is 0 Å². The van der Waals surface area contributed by atoms with Gasteiger partial charge in [-0.2, -0.15) is 0 Å². The zero-order valence-electron chi connectivity index (χ0n) is 8.54. The van der Waals surface area contributed by atoms with Crippen molar-refractivity contribution in [2.75, 3.05) is 26.9 Å². The van der Waals surface area contributed by atoms with Gasteiger partial charge in [0.15, 0.2) is 0 Å². The molecule has 1 heterocycles. The molecule has 0 saturated heterocycles. The Hall–Kier alpha value is 0.01000. The van der Waals surface area contributed by atoms with E-state index < -0.39 is 0 Å². The fourth-order valence-corrected chi connectivity index (χ4v) is 2.81. The third kappa shape index (κ3) is 4.16. The third-order valence-corrected chi connectivity index (χ3v) is 4.09. The Labute approximate surface area is 89.1 Å². The Balaban J connectivity index is 2.28. The number of thioether (sulfide) groups is 1. The van der Waals surface area contributed by atoms with E-state index in [9.17, 15) is 0 Å². The molecule has 0 radical (unpaired) electrons. The van der Waals surface area contributed by atoms with Gasteiger partial charge in [-0.05, 0) is 51.9 Å². The summed E-state index contributed by atoms with van der Waals surface area (Å²) in [5, 5.41) is 0. The van der Waals surface area contributed by atoms with Gasteiger partial charge < -0.3 is 4.90 Å². The summed E-state index contributed by atoms with van der Waals surface area (Å²) < 4.78 is 1.43. The molecule has 74 valence electrons. The first kappa shape index (κ1) is 11.1. The smallest absolute Gasteiger partial charge is 0.0598 e. The van der Waals surface area contributed by atoms with E-state index in [2.05, 4.69) is 37.4 Å². The lowest BCUT2D eigenvalue weighted by molar-refractivity contribution is 0.401. The topological polar surface area (TPSA) is 3.24 Å². The summed E-state index contributed by atoms with van der Waals surface area (Å²) in [5.74, 6) is 0. The summed E-state index contributed by atoms with van der Waals surface area (Å²) in [6.07, 6.45) is 4.63. The van der Waals surface area contributed by atoms with Crippen molar-refractivity contribution in [3.63, 3.8) is 0 Å². The molecule has 0 atom stereocenters. The van der Waals surface area contributed by atoms with E-state index in [1.807, 2.05) is 23.1 Å². The van der Waals surface area contributed by atoms with Crippen molar-refractivity contribution in [2.45, 2.75) is 17.1 Å². The lowest BCUT2D eigenvalue weighted by Gasteiger charge is -2.07. The maximum atomic E-state index is 2.26. The minimum absolute atomic E-state index is 1.19. The van der Waals surface area contributed by atoms with E-state index in [1.165, 1.54) is 28.5 Å². The number of thiophene rings is 1. The predicted octanol–water partition coefficient (Wildman–Crippen LogP) is 2.96. The fourth-order valence-electron chi connectivity index (χ4n) is 1.17. The summed E-state index contributed by atoms with van der Waals surface area (Å²) >= 11 is 3.77. The first-order chi connectivity index (χ1) is 6.22.